The Morgan fingerprint density at radius 1 is 1.06 bits per heavy atom. The molecule has 0 aliphatic carbocycles. The van der Waals surface area contributed by atoms with Crippen molar-refractivity contribution in [3.8, 4) is 17.2 Å². The maximum Gasteiger partial charge on any atom is 0.272 e. The minimum absolute atomic E-state index is 0.0279. The summed E-state index contributed by atoms with van der Waals surface area (Å²) in [7, 11) is 0. The molecule has 1 heterocycles. The van der Waals surface area contributed by atoms with Gasteiger partial charge >= 0.3 is 0 Å². The number of hydrogen-bond donors (Lipinski definition) is 1. The molecule has 31 heavy (non-hydrogen) atoms. The van der Waals surface area contributed by atoms with Crippen LogP contribution >= 0.6 is 11.6 Å². The zero-order valence-electron chi connectivity index (χ0n) is 17.2. The van der Waals surface area contributed by atoms with Gasteiger partial charge in [-0.05, 0) is 49.7 Å². The second kappa shape index (κ2) is 10.7. The molecule has 2 aromatic carbocycles. The van der Waals surface area contributed by atoms with Crippen LogP contribution in [-0.2, 0) is 13.3 Å². The number of halogens is 2. The minimum atomic E-state index is -0.520. The lowest BCUT2D eigenvalue weighted by atomic mass is 10.2. The molecule has 0 unspecified atom stereocenters. The van der Waals surface area contributed by atoms with Crippen LogP contribution in [0, 0.1) is 5.82 Å². The molecule has 0 saturated heterocycles. The van der Waals surface area contributed by atoms with Crippen molar-refractivity contribution in [2.45, 2.75) is 27.1 Å². The van der Waals surface area contributed by atoms with Crippen LogP contribution in [0.5, 0.6) is 17.2 Å². The maximum absolute atomic E-state index is 13.2. The number of benzene rings is 2. The molecule has 3 aromatic rings. The van der Waals surface area contributed by atoms with E-state index in [1.165, 1.54) is 22.9 Å². The molecular weight excluding hydrogens is 425 g/mol. The van der Waals surface area contributed by atoms with Gasteiger partial charge in [-0.15, -0.1) is 0 Å². The topological polar surface area (TPSA) is 74.6 Å². The van der Waals surface area contributed by atoms with Gasteiger partial charge in [0.25, 0.3) is 5.91 Å². The summed E-state index contributed by atoms with van der Waals surface area (Å²) in [5, 5.41) is 6.99. The van der Waals surface area contributed by atoms with Gasteiger partial charge in [0, 0.05) is 18.8 Å². The first-order valence-electron chi connectivity index (χ1n) is 9.78. The molecule has 1 amide bonds. The number of carbonyl (C=O) groups excluding carboxylic acids is 1. The molecule has 1 N–H and O–H groups in total. The summed E-state index contributed by atoms with van der Waals surface area (Å²) in [6.45, 7) is 5.21. The SMILES string of the molecule is CCOc1ccc(CNC(=O)c2ccn(COc3ccc(F)c(Cl)c3)n2)cc1OCC. The number of carbonyl (C=O) groups is 1. The van der Waals surface area contributed by atoms with Crippen molar-refractivity contribution in [2.24, 2.45) is 0 Å². The van der Waals surface area contributed by atoms with Gasteiger partial charge in [-0.1, -0.05) is 17.7 Å². The average molecular weight is 448 g/mol. The third-order valence-electron chi connectivity index (χ3n) is 4.19. The molecule has 1 aromatic heterocycles. The van der Waals surface area contributed by atoms with Gasteiger partial charge in [0.15, 0.2) is 18.2 Å². The number of nitrogens with one attached hydrogen (secondary N) is 1. The van der Waals surface area contributed by atoms with Gasteiger partial charge in [-0.3, -0.25) is 4.79 Å². The van der Waals surface area contributed by atoms with Gasteiger partial charge in [-0.25, -0.2) is 9.07 Å². The predicted octanol–water partition coefficient (Wildman–Crippen LogP) is 4.44. The summed E-state index contributed by atoms with van der Waals surface area (Å²) >= 11 is 5.73. The van der Waals surface area contributed by atoms with E-state index in [2.05, 4.69) is 10.4 Å². The number of nitrogens with zero attached hydrogens (tertiary/aromatic N) is 2. The smallest absolute Gasteiger partial charge is 0.272 e. The fourth-order valence-electron chi connectivity index (χ4n) is 2.74. The number of amides is 1. The van der Waals surface area contributed by atoms with Gasteiger partial charge in [0.2, 0.25) is 0 Å². The molecule has 0 radical (unpaired) electrons. The van der Waals surface area contributed by atoms with Gasteiger partial charge in [0.1, 0.15) is 17.3 Å². The van der Waals surface area contributed by atoms with E-state index in [-0.39, 0.29) is 23.4 Å². The fraction of sp³-hybridized carbons (Fsp3) is 0.273. The van der Waals surface area contributed by atoms with Crippen LogP contribution in [0.3, 0.4) is 0 Å². The van der Waals surface area contributed by atoms with Crippen LogP contribution in [-0.4, -0.2) is 28.9 Å². The Bertz CT molecular complexity index is 1040. The molecule has 0 saturated carbocycles. The second-order valence-electron chi connectivity index (χ2n) is 6.42. The first kappa shape index (κ1) is 22.4. The number of hydrogen-bond acceptors (Lipinski definition) is 5. The molecule has 0 spiro atoms. The van der Waals surface area contributed by atoms with Gasteiger partial charge < -0.3 is 19.5 Å². The first-order valence-corrected chi connectivity index (χ1v) is 10.2. The highest BCUT2D eigenvalue weighted by atomic mass is 35.5. The van der Waals surface area contributed by atoms with Crippen molar-refractivity contribution >= 4 is 17.5 Å². The molecule has 9 heteroatoms. The van der Waals surface area contributed by atoms with Crippen molar-refractivity contribution in [3.63, 3.8) is 0 Å². The summed E-state index contributed by atoms with van der Waals surface area (Å²) in [6.07, 6.45) is 1.62. The van der Waals surface area contributed by atoms with E-state index < -0.39 is 5.82 Å². The van der Waals surface area contributed by atoms with E-state index in [1.54, 1.807) is 12.3 Å². The maximum atomic E-state index is 13.2. The number of aromatic nitrogens is 2. The van der Waals surface area contributed by atoms with E-state index in [1.807, 2.05) is 32.0 Å². The molecule has 0 fully saturated rings. The van der Waals surface area contributed by atoms with Crippen molar-refractivity contribution < 1.29 is 23.4 Å². The highest BCUT2D eigenvalue weighted by molar-refractivity contribution is 6.30. The van der Waals surface area contributed by atoms with Crippen LogP contribution in [0.15, 0.2) is 48.7 Å². The average Bonchev–Trinajstić information content (AvgIpc) is 3.24. The predicted molar refractivity (Wildman–Crippen MR) is 114 cm³/mol. The van der Waals surface area contributed by atoms with E-state index in [9.17, 15) is 9.18 Å². The molecule has 0 bridgehead atoms. The Morgan fingerprint density at radius 2 is 1.84 bits per heavy atom. The van der Waals surface area contributed by atoms with E-state index in [0.29, 0.717) is 37.0 Å². The van der Waals surface area contributed by atoms with E-state index >= 15 is 0 Å². The van der Waals surface area contributed by atoms with Gasteiger partial charge in [0.05, 0.1) is 18.2 Å². The van der Waals surface area contributed by atoms with Crippen LogP contribution in [0.1, 0.15) is 29.9 Å². The summed E-state index contributed by atoms with van der Waals surface area (Å²) in [6, 6.07) is 11.2. The second-order valence-corrected chi connectivity index (χ2v) is 6.83. The van der Waals surface area contributed by atoms with Crippen molar-refractivity contribution in [3.05, 3.63) is 70.8 Å². The van der Waals surface area contributed by atoms with Crippen molar-refractivity contribution in [1.82, 2.24) is 15.1 Å². The Labute approximate surface area is 184 Å². The molecular formula is C22H23ClFN3O4. The Kier molecular flexibility index (Phi) is 7.72. The molecule has 0 aliphatic rings. The van der Waals surface area contributed by atoms with Crippen LogP contribution in [0.25, 0.3) is 0 Å². The van der Waals surface area contributed by atoms with Crippen molar-refractivity contribution in [2.75, 3.05) is 13.2 Å². The summed E-state index contributed by atoms with van der Waals surface area (Å²) in [5.74, 6) is 0.857. The summed E-state index contributed by atoms with van der Waals surface area (Å²) in [5.41, 5.74) is 1.12. The number of rotatable bonds is 10. The molecule has 0 aliphatic heterocycles. The molecule has 164 valence electrons. The molecule has 3 rings (SSSR count). The summed E-state index contributed by atoms with van der Waals surface area (Å²) in [4.78, 5) is 12.4. The van der Waals surface area contributed by atoms with Crippen LogP contribution in [0.4, 0.5) is 4.39 Å². The largest absolute Gasteiger partial charge is 0.490 e. The van der Waals surface area contributed by atoms with Crippen LogP contribution in [0.2, 0.25) is 5.02 Å². The normalized spacial score (nSPS) is 10.6. The Balaban J connectivity index is 1.56. The third-order valence-corrected chi connectivity index (χ3v) is 4.48. The van der Waals surface area contributed by atoms with E-state index in [4.69, 9.17) is 25.8 Å². The standard InChI is InChI=1S/C22H23ClFN3O4/c1-3-29-20-8-5-15(11-21(20)30-4-2)13-25-22(28)19-9-10-27(26-19)14-31-16-6-7-18(24)17(23)12-16/h5-12H,3-4,13-14H2,1-2H3,(H,25,28). The monoisotopic (exact) mass is 447 g/mol. The van der Waals surface area contributed by atoms with Gasteiger partial charge in [-0.2, -0.15) is 5.10 Å². The lowest BCUT2D eigenvalue weighted by molar-refractivity contribution is 0.0943. The molecule has 7 nitrogen and oxygen atoms in total. The Hall–Kier alpha value is -3.26. The Morgan fingerprint density at radius 3 is 2.58 bits per heavy atom. The lowest BCUT2D eigenvalue weighted by Gasteiger charge is -2.12. The zero-order valence-corrected chi connectivity index (χ0v) is 18.0. The highest BCUT2D eigenvalue weighted by Crippen LogP contribution is 2.28. The lowest BCUT2D eigenvalue weighted by Crippen LogP contribution is -2.23. The zero-order chi connectivity index (χ0) is 22.2. The van der Waals surface area contributed by atoms with Crippen LogP contribution < -0.4 is 19.5 Å². The quantitative estimate of drug-likeness (QED) is 0.497. The van der Waals surface area contributed by atoms with E-state index in [0.717, 1.165) is 5.56 Å². The first-order chi connectivity index (χ1) is 15.0. The highest BCUT2D eigenvalue weighted by Gasteiger charge is 2.11. The number of ether oxygens (including phenoxy) is 3. The minimum Gasteiger partial charge on any atom is -0.490 e. The fourth-order valence-corrected chi connectivity index (χ4v) is 2.91. The third kappa shape index (κ3) is 6.11. The summed E-state index contributed by atoms with van der Waals surface area (Å²) < 4.78 is 31.3. The van der Waals surface area contributed by atoms with Crippen molar-refractivity contribution in [1.29, 1.82) is 0 Å². The molecule has 0 atom stereocenters.